The molecular formula is C21H21FN6O3. The third kappa shape index (κ3) is 4.80. The molecule has 0 saturated carbocycles. The highest BCUT2D eigenvalue weighted by atomic mass is 19.1. The molecule has 0 bridgehead atoms. The highest BCUT2D eigenvalue weighted by Crippen LogP contribution is 2.19. The van der Waals surface area contributed by atoms with Gasteiger partial charge in [0.1, 0.15) is 11.6 Å². The van der Waals surface area contributed by atoms with E-state index in [1.165, 1.54) is 29.2 Å². The molecule has 1 aliphatic heterocycles. The van der Waals surface area contributed by atoms with E-state index in [1.54, 1.807) is 30.3 Å². The number of aromatic nitrogens is 3. The molecule has 0 aliphatic carbocycles. The van der Waals surface area contributed by atoms with Crippen LogP contribution >= 0.6 is 0 Å². The third-order valence-electron chi connectivity index (χ3n) is 5.08. The molecule has 0 unspecified atom stereocenters. The standard InChI is InChI=1S/C21H21FN6O3/c22-16-3-1-2-4-17(16)25-18-9-12-28(26-18)21(31)24-15-7-10-27(11-8-15)19-6-5-14(13-23-19)20(29)30/h1-6,9,12-13,15H,7-8,10-11H2,(H,24,31)(H,25,26)(H,29,30). The lowest BCUT2D eigenvalue weighted by Gasteiger charge is -2.33. The van der Waals surface area contributed by atoms with Gasteiger partial charge >= 0.3 is 12.0 Å². The Balaban J connectivity index is 1.30. The van der Waals surface area contributed by atoms with Crippen molar-refractivity contribution in [1.29, 1.82) is 0 Å². The Hall–Kier alpha value is -3.95. The fourth-order valence-electron chi connectivity index (χ4n) is 3.40. The number of hydrogen-bond donors (Lipinski definition) is 3. The molecule has 10 heteroatoms. The largest absolute Gasteiger partial charge is 0.478 e. The van der Waals surface area contributed by atoms with E-state index < -0.39 is 11.8 Å². The van der Waals surface area contributed by atoms with Gasteiger partial charge in [-0.25, -0.2) is 19.0 Å². The molecule has 1 fully saturated rings. The summed E-state index contributed by atoms with van der Waals surface area (Å²) in [6, 6.07) is 10.7. The average Bonchev–Trinajstić information content (AvgIpc) is 3.25. The second-order valence-electron chi connectivity index (χ2n) is 7.17. The number of piperidine rings is 1. The van der Waals surface area contributed by atoms with Crippen LogP contribution < -0.4 is 15.5 Å². The Morgan fingerprint density at radius 1 is 1.10 bits per heavy atom. The molecule has 2 aromatic heterocycles. The minimum Gasteiger partial charge on any atom is -0.478 e. The number of carbonyl (C=O) groups excluding carboxylic acids is 1. The lowest BCUT2D eigenvalue weighted by molar-refractivity contribution is 0.0696. The van der Waals surface area contributed by atoms with Gasteiger partial charge in [0.05, 0.1) is 11.3 Å². The Bertz CT molecular complexity index is 1080. The Kier molecular flexibility index (Phi) is 5.78. The van der Waals surface area contributed by atoms with Gasteiger partial charge in [-0.3, -0.25) is 0 Å². The van der Waals surface area contributed by atoms with Crippen molar-refractivity contribution in [2.75, 3.05) is 23.3 Å². The second-order valence-corrected chi connectivity index (χ2v) is 7.17. The zero-order valence-corrected chi connectivity index (χ0v) is 16.5. The summed E-state index contributed by atoms with van der Waals surface area (Å²) < 4.78 is 14.9. The molecular weight excluding hydrogens is 403 g/mol. The van der Waals surface area contributed by atoms with Crippen LogP contribution in [0.4, 0.5) is 26.5 Å². The number of nitrogens with zero attached hydrogens (tertiary/aromatic N) is 4. The number of carboxylic acids is 1. The van der Waals surface area contributed by atoms with Gasteiger partial charge in [-0.05, 0) is 37.1 Å². The van der Waals surface area contributed by atoms with E-state index in [2.05, 4.69) is 25.6 Å². The van der Waals surface area contributed by atoms with Gasteiger partial charge in [-0.15, -0.1) is 5.10 Å². The van der Waals surface area contributed by atoms with Crippen LogP contribution in [-0.4, -0.2) is 51.0 Å². The summed E-state index contributed by atoms with van der Waals surface area (Å²) in [4.78, 5) is 29.7. The van der Waals surface area contributed by atoms with Crippen molar-refractivity contribution in [3.63, 3.8) is 0 Å². The fraction of sp³-hybridized carbons (Fsp3) is 0.238. The molecule has 1 amide bonds. The number of amides is 1. The van der Waals surface area contributed by atoms with E-state index in [4.69, 9.17) is 5.11 Å². The Morgan fingerprint density at radius 3 is 2.55 bits per heavy atom. The number of para-hydroxylation sites is 1. The second kappa shape index (κ2) is 8.82. The van der Waals surface area contributed by atoms with Gasteiger partial charge in [0.15, 0.2) is 5.82 Å². The van der Waals surface area contributed by atoms with E-state index >= 15 is 0 Å². The van der Waals surface area contributed by atoms with Crippen molar-refractivity contribution in [2.45, 2.75) is 18.9 Å². The van der Waals surface area contributed by atoms with E-state index in [0.29, 0.717) is 24.7 Å². The maximum Gasteiger partial charge on any atom is 0.342 e. The lowest BCUT2D eigenvalue weighted by Crippen LogP contribution is -2.46. The van der Waals surface area contributed by atoms with Gasteiger partial charge < -0.3 is 20.6 Å². The minimum absolute atomic E-state index is 0.0192. The molecule has 9 nitrogen and oxygen atoms in total. The number of hydrogen-bond acceptors (Lipinski definition) is 6. The van der Waals surface area contributed by atoms with Gasteiger partial charge in [-0.2, -0.15) is 4.68 Å². The number of halogens is 1. The molecule has 3 aromatic rings. The molecule has 0 radical (unpaired) electrons. The molecule has 31 heavy (non-hydrogen) atoms. The first-order valence-electron chi connectivity index (χ1n) is 9.82. The first-order chi connectivity index (χ1) is 15.0. The molecule has 160 valence electrons. The van der Waals surface area contributed by atoms with Crippen LogP contribution in [-0.2, 0) is 0 Å². The summed E-state index contributed by atoms with van der Waals surface area (Å²) >= 11 is 0. The first kappa shape index (κ1) is 20.3. The van der Waals surface area contributed by atoms with E-state index in [-0.39, 0.29) is 23.3 Å². The van der Waals surface area contributed by atoms with Crippen LogP contribution in [0.15, 0.2) is 54.9 Å². The predicted octanol–water partition coefficient (Wildman–Crippen LogP) is 3.09. The van der Waals surface area contributed by atoms with E-state index in [9.17, 15) is 14.0 Å². The molecule has 4 rings (SSSR count). The summed E-state index contributed by atoms with van der Waals surface area (Å²) in [6.07, 6.45) is 4.29. The summed E-state index contributed by atoms with van der Waals surface area (Å²) in [7, 11) is 0. The van der Waals surface area contributed by atoms with Crippen molar-refractivity contribution in [1.82, 2.24) is 20.1 Å². The van der Waals surface area contributed by atoms with Gasteiger partial charge in [0, 0.05) is 37.6 Å². The number of carbonyl (C=O) groups is 2. The van der Waals surface area contributed by atoms with Crippen LogP contribution in [0.25, 0.3) is 0 Å². The smallest absolute Gasteiger partial charge is 0.342 e. The number of aromatic carboxylic acids is 1. The van der Waals surface area contributed by atoms with Crippen LogP contribution in [0.1, 0.15) is 23.2 Å². The molecule has 0 atom stereocenters. The fourth-order valence-corrected chi connectivity index (χ4v) is 3.40. The predicted molar refractivity (Wildman–Crippen MR) is 112 cm³/mol. The number of rotatable bonds is 5. The lowest BCUT2D eigenvalue weighted by atomic mass is 10.1. The number of benzene rings is 1. The number of carboxylic acid groups (broad SMARTS) is 1. The SMILES string of the molecule is O=C(O)c1ccc(N2CCC(NC(=O)n3ccc(Nc4ccccc4F)n3)CC2)nc1. The normalized spacial score (nSPS) is 14.3. The van der Waals surface area contributed by atoms with Crippen LogP contribution in [0.2, 0.25) is 0 Å². The average molecular weight is 424 g/mol. The number of pyridine rings is 1. The maximum absolute atomic E-state index is 13.7. The number of anilines is 3. The summed E-state index contributed by atoms with van der Waals surface area (Å²) in [5.41, 5.74) is 0.430. The van der Waals surface area contributed by atoms with Crippen LogP contribution in [0, 0.1) is 5.82 Å². The van der Waals surface area contributed by atoms with Gasteiger partial charge in [0.25, 0.3) is 0 Å². The minimum atomic E-state index is -1.01. The van der Waals surface area contributed by atoms with E-state index in [1.807, 2.05) is 0 Å². The van der Waals surface area contributed by atoms with Crippen LogP contribution in [0.5, 0.6) is 0 Å². The quantitative estimate of drug-likeness (QED) is 0.577. The van der Waals surface area contributed by atoms with Crippen molar-refractivity contribution in [3.8, 4) is 0 Å². The zero-order chi connectivity index (χ0) is 21.8. The van der Waals surface area contributed by atoms with Crippen LogP contribution in [0.3, 0.4) is 0 Å². The third-order valence-corrected chi connectivity index (χ3v) is 5.08. The first-order valence-corrected chi connectivity index (χ1v) is 9.82. The van der Waals surface area contributed by atoms with Gasteiger partial charge in [-0.1, -0.05) is 12.1 Å². The molecule has 0 spiro atoms. The molecule has 1 aromatic carbocycles. The maximum atomic E-state index is 13.7. The molecule has 1 aliphatic rings. The highest BCUT2D eigenvalue weighted by molar-refractivity contribution is 5.87. The number of nitrogens with one attached hydrogen (secondary N) is 2. The Morgan fingerprint density at radius 2 is 1.87 bits per heavy atom. The van der Waals surface area contributed by atoms with E-state index in [0.717, 1.165) is 12.8 Å². The highest BCUT2D eigenvalue weighted by Gasteiger charge is 2.22. The summed E-state index contributed by atoms with van der Waals surface area (Å²) in [5.74, 6) is -0.330. The van der Waals surface area contributed by atoms with Crippen molar-refractivity contribution in [3.05, 3.63) is 66.2 Å². The molecule has 3 N–H and O–H groups in total. The van der Waals surface area contributed by atoms with Crippen molar-refractivity contribution >= 4 is 29.3 Å². The summed E-state index contributed by atoms with van der Waals surface area (Å²) in [5, 5.41) is 18.9. The van der Waals surface area contributed by atoms with Crippen molar-refractivity contribution < 1.29 is 19.1 Å². The Labute approximate surface area is 177 Å². The molecule has 3 heterocycles. The summed E-state index contributed by atoms with van der Waals surface area (Å²) in [6.45, 7) is 1.37. The molecule has 1 saturated heterocycles. The van der Waals surface area contributed by atoms with Gasteiger partial charge in [0.2, 0.25) is 0 Å². The monoisotopic (exact) mass is 424 g/mol. The zero-order valence-electron chi connectivity index (χ0n) is 16.5. The van der Waals surface area contributed by atoms with Crippen molar-refractivity contribution in [2.24, 2.45) is 0 Å². The topological polar surface area (TPSA) is 112 Å².